The van der Waals surface area contributed by atoms with Crippen molar-refractivity contribution in [3.05, 3.63) is 134 Å². The van der Waals surface area contributed by atoms with Gasteiger partial charge in [-0.1, -0.05) is 341 Å². The van der Waals surface area contributed by atoms with E-state index < -0.39 is 91.5 Å². The second kappa shape index (κ2) is 83.1. The Morgan fingerprint density at radius 2 is 0.486 bits per heavy atom. The Balaban J connectivity index is 4.43. The minimum absolute atomic E-state index is 0.0847. The number of ether oxygens (including phenoxy) is 3. The average molecular weight is 1570 g/mol. The van der Waals surface area contributed by atoms with Crippen molar-refractivity contribution in [3.63, 3.8) is 0 Å². The van der Waals surface area contributed by atoms with Crippen molar-refractivity contribution < 1.29 is 75.8 Å². The normalized spacial score (nSPS) is 14.5. The molecule has 0 radical (unpaired) electrons. The summed E-state index contributed by atoms with van der Waals surface area (Å²) in [6.07, 6.45) is 102. The standard InChI is InChI=1S/C91H158O16P2/c1-4-7-10-13-16-19-22-25-28-30-32-34-36-37-38-39-40-41-42-43-44-45-46-47-49-51-52-54-57-59-62-65-68-71-74-77-89(94)101-80-86(92)81-103-108(97,98)104-82-87(93)83-105-109(99,100)106-85-88(107-91(96)79-76-73-70-67-64-61-56-27-24-21-18-15-12-9-6-3)84-102-90(95)78-75-72-69-66-63-60-58-55-53-50-48-35-33-31-29-26-23-20-17-14-11-8-5-2/h7,10,16-21,25-29,32-35,37-38,50,53,56,86-88,92-93H,4-6,8-9,11-15,22-24,30-31,36,39-49,51-52,54-55,57-85H2,1-3H3,(H,97,98)(H,99,100)/b10-7-,19-16-,20-17-,21-18-,28-25-,29-26-,34-32-,35-33-,38-37-,53-50-,56-27-. The number of carbonyl (C=O) groups is 3. The number of hydrogen-bond acceptors (Lipinski definition) is 14. The van der Waals surface area contributed by atoms with Crippen molar-refractivity contribution in [1.82, 2.24) is 0 Å². The molecule has 5 unspecified atom stereocenters. The van der Waals surface area contributed by atoms with Crippen molar-refractivity contribution >= 4 is 33.6 Å². The molecule has 0 aliphatic heterocycles. The molecule has 0 amide bonds. The fraction of sp³-hybridized carbons (Fsp3) is 0.725. The van der Waals surface area contributed by atoms with E-state index in [1.54, 1.807) is 0 Å². The zero-order chi connectivity index (χ0) is 79.4. The van der Waals surface area contributed by atoms with E-state index in [2.05, 4.69) is 154 Å². The van der Waals surface area contributed by atoms with Crippen LogP contribution in [-0.4, -0.2) is 95.9 Å². The van der Waals surface area contributed by atoms with Gasteiger partial charge in [-0.15, -0.1) is 0 Å². The molecule has 0 spiro atoms. The molecule has 0 aromatic heterocycles. The third-order valence-corrected chi connectivity index (χ3v) is 20.2. The van der Waals surface area contributed by atoms with Crippen LogP contribution in [-0.2, 0) is 55.8 Å². The van der Waals surface area contributed by atoms with Crippen LogP contribution >= 0.6 is 15.6 Å². The number of esters is 3. The van der Waals surface area contributed by atoms with Gasteiger partial charge in [-0.25, -0.2) is 9.13 Å². The lowest BCUT2D eigenvalue weighted by molar-refractivity contribution is -0.161. The smallest absolute Gasteiger partial charge is 0.463 e. The third-order valence-electron chi connectivity index (χ3n) is 18.3. The van der Waals surface area contributed by atoms with Crippen molar-refractivity contribution in [2.24, 2.45) is 0 Å². The van der Waals surface area contributed by atoms with Gasteiger partial charge in [0.1, 0.15) is 25.4 Å². The predicted octanol–water partition coefficient (Wildman–Crippen LogP) is 26.2. The van der Waals surface area contributed by atoms with Crippen LogP contribution in [0.3, 0.4) is 0 Å². The van der Waals surface area contributed by atoms with Crippen LogP contribution in [0.25, 0.3) is 0 Å². The maximum atomic E-state index is 13.0. The summed E-state index contributed by atoms with van der Waals surface area (Å²) in [7, 11) is -9.80. The summed E-state index contributed by atoms with van der Waals surface area (Å²) in [4.78, 5) is 58.8. The fourth-order valence-electron chi connectivity index (χ4n) is 11.7. The van der Waals surface area contributed by atoms with Crippen LogP contribution < -0.4 is 0 Å². The molecular formula is C91H158O16P2. The molecule has 0 heterocycles. The minimum Gasteiger partial charge on any atom is -0.463 e. The topological polar surface area (TPSA) is 231 Å². The highest BCUT2D eigenvalue weighted by Gasteiger charge is 2.29. The van der Waals surface area contributed by atoms with E-state index in [-0.39, 0.29) is 19.3 Å². The number of phosphoric acid groups is 2. The quantitative estimate of drug-likeness (QED) is 0.0146. The average Bonchev–Trinajstić information content (AvgIpc) is 0.902. The molecule has 0 aliphatic carbocycles. The number of aliphatic hydroxyl groups is 2. The molecule has 0 aliphatic rings. The van der Waals surface area contributed by atoms with Crippen LogP contribution in [0.5, 0.6) is 0 Å². The van der Waals surface area contributed by atoms with Gasteiger partial charge in [-0.2, -0.15) is 0 Å². The zero-order valence-corrected chi connectivity index (χ0v) is 70.7. The molecule has 0 saturated carbocycles. The molecule has 0 aromatic carbocycles. The van der Waals surface area contributed by atoms with Crippen molar-refractivity contribution in [3.8, 4) is 0 Å². The van der Waals surface area contributed by atoms with Gasteiger partial charge in [0, 0.05) is 19.3 Å². The Morgan fingerprint density at radius 1 is 0.266 bits per heavy atom. The first-order valence-corrected chi connectivity index (χ1v) is 46.5. The van der Waals surface area contributed by atoms with Crippen molar-refractivity contribution in [1.29, 1.82) is 0 Å². The number of unbranched alkanes of at least 4 members (excludes halogenated alkanes) is 37. The Morgan fingerprint density at radius 3 is 0.771 bits per heavy atom. The number of aliphatic hydroxyl groups excluding tert-OH is 2. The molecule has 0 aromatic rings. The molecule has 4 N–H and O–H groups in total. The summed E-state index contributed by atoms with van der Waals surface area (Å²) < 4.78 is 61.3. The van der Waals surface area contributed by atoms with E-state index in [0.29, 0.717) is 19.3 Å². The molecule has 0 fully saturated rings. The van der Waals surface area contributed by atoms with Gasteiger partial charge in [0.15, 0.2) is 6.10 Å². The van der Waals surface area contributed by atoms with E-state index in [1.165, 1.54) is 148 Å². The molecule has 628 valence electrons. The second-order valence-electron chi connectivity index (χ2n) is 29.0. The van der Waals surface area contributed by atoms with Gasteiger partial charge in [0.25, 0.3) is 0 Å². The van der Waals surface area contributed by atoms with Gasteiger partial charge >= 0.3 is 33.6 Å². The van der Waals surface area contributed by atoms with Crippen molar-refractivity contribution in [2.75, 3.05) is 39.6 Å². The van der Waals surface area contributed by atoms with Gasteiger partial charge < -0.3 is 34.2 Å². The Labute approximate surface area is 665 Å². The molecule has 0 saturated heterocycles. The first kappa shape index (κ1) is 105. The van der Waals surface area contributed by atoms with Crippen LogP contribution in [0.4, 0.5) is 0 Å². The van der Waals surface area contributed by atoms with Crippen LogP contribution in [0, 0.1) is 0 Å². The Kier molecular flexibility index (Phi) is 79.8. The largest absolute Gasteiger partial charge is 0.472 e. The van der Waals surface area contributed by atoms with Crippen LogP contribution in [0.1, 0.15) is 367 Å². The second-order valence-corrected chi connectivity index (χ2v) is 31.9. The lowest BCUT2D eigenvalue weighted by atomic mass is 10.0. The highest BCUT2D eigenvalue weighted by molar-refractivity contribution is 7.47. The zero-order valence-electron chi connectivity index (χ0n) is 68.9. The molecule has 109 heavy (non-hydrogen) atoms. The number of hydrogen-bond donors (Lipinski definition) is 4. The first-order valence-electron chi connectivity index (χ1n) is 43.5. The number of phosphoric ester groups is 2. The highest BCUT2D eigenvalue weighted by atomic mass is 31.2. The van der Waals surface area contributed by atoms with Crippen molar-refractivity contribution in [2.45, 2.75) is 386 Å². The van der Waals surface area contributed by atoms with Gasteiger partial charge in [-0.3, -0.25) is 32.5 Å². The van der Waals surface area contributed by atoms with Crippen LogP contribution in [0.15, 0.2) is 134 Å². The van der Waals surface area contributed by atoms with Gasteiger partial charge in [0.05, 0.1) is 26.4 Å². The van der Waals surface area contributed by atoms with Gasteiger partial charge in [0.2, 0.25) is 0 Å². The monoisotopic (exact) mass is 1570 g/mol. The first-order chi connectivity index (χ1) is 53.2. The van der Waals surface area contributed by atoms with E-state index in [4.69, 9.17) is 32.3 Å². The number of carbonyl (C=O) groups excluding carboxylic acids is 3. The predicted molar refractivity (Wildman–Crippen MR) is 454 cm³/mol. The molecule has 0 rings (SSSR count). The van der Waals surface area contributed by atoms with E-state index >= 15 is 0 Å². The molecule has 16 nitrogen and oxygen atoms in total. The molecule has 5 atom stereocenters. The summed E-state index contributed by atoms with van der Waals surface area (Å²) in [5, 5.41) is 20.7. The summed E-state index contributed by atoms with van der Waals surface area (Å²) in [6, 6.07) is 0. The van der Waals surface area contributed by atoms with E-state index in [0.717, 1.165) is 161 Å². The van der Waals surface area contributed by atoms with E-state index in [1.807, 2.05) is 0 Å². The molecule has 0 bridgehead atoms. The summed E-state index contributed by atoms with van der Waals surface area (Å²) in [5.41, 5.74) is 0. The Hall–Kier alpha value is -4.31. The number of allylic oxidation sites excluding steroid dienone is 22. The SMILES string of the molecule is CC/C=C\C/C=C\C/C=C\C/C=C\C/C=C\CCCCCCCCCCCCCCCCCCCCCC(=O)OCC(O)COP(=O)(O)OCC(O)COP(=O)(O)OCC(COC(=O)CCCCCCCCC/C=C\C/C=C\C/C=C\C/C=C\CCCCC)OC(=O)CCCCCCC/C=C\C/C=C\CCCCC. The third kappa shape index (κ3) is 84.4. The molecule has 18 heteroatoms. The van der Waals surface area contributed by atoms with Crippen LogP contribution in [0.2, 0.25) is 0 Å². The highest BCUT2D eigenvalue weighted by Crippen LogP contribution is 2.45. The summed E-state index contributed by atoms with van der Waals surface area (Å²) >= 11 is 0. The summed E-state index contributed by atoms with van der Waals surface area (Å²) in [6.45, 7) is 2.52. The van der Waals surface area contributed by atoms with E-state index in [9.17, 15) is 43.5 Å². The fourth-order valence-corrected chi connectivity index (χ4v) is 13.3. The van der Waals surface area contributed by atoms with Gasteiger partial charge in [-0.05, 0) is 141 Å². The Bertz CT molecular complexity index is 2510. The molecular weight excluding hydrogens is 1410 g/mol. The lowest BCUT2D eigenvalue weighted by Crippen LogP contribution is -2.30. The maximum absolute atomic E-state index is 13.0. The summed E-state index contributed by atoms with van der Waals surface area (Å²) in [5.74, 6) is -1.59. The minimum atomic E-state index is -4.94. The maximum Gasteiger partial charge on any atom is 0.472 e. The number of rotatable bonds is 82. The lowest BCUT2D eigenvalue weighted by Gasteiger charge is -2.21.